The normalized spacial score (nSPS) is 16.6. The SMILES string of the molecule is NOCc1c2c(c(Br)c3c1OCC3)OCC2. The van der Waals surface area contributed by atoms with Crippen LogP contribution in [-0.2, 0) is 24.3 Å². The van der Waals surface area contributed by atoms with Gasteiger partial charge in [-0.15, -0.1) is 0 Å². The predicted octanol–water partition coefficient (Wildman–Crippen LogP) is 1.71. The Morgan fingerprint density at radius 2 is 1.81 bits per heavy atom. The highest BCUT2D eigenvalue weighted by Crippen LogP contribution is 2.47. The Hall–Kier alpha value is -0.780. The van der Waals surface area contributed by atoms with E-state index in [-0.39, 0.29) is 0 Å². The fourth-order valence-corrected chi connectivity index (χ4v) is 3.12. The molecule has 4 nitrogen and oxygen atoms in total. The lowest BCUT2D eigenvalue weighted by Crippen LogP contribution is -2.04. The van der Waals surface area contributed by atoms with Crippen LogP contribution in [-0.4, -0.2) is 13.2 Å². The number of rotatable bonds is 2. The number of fused-ring (bicyclic) bond motifs is 2. The van der Waals surface area contributed by atoms with Crippen molar-refractivity contribution >= 4 is 15.9 Å². The van der Waals surface area contributed by atoms with Crippen LogP contribution >= 0.6 is 15.9 Å². The summed E-state index contributed by atoms with van der Waals surface area (Å²) in [5.41, 5.74) is 3.39. The highest BCUT2D eigenvalue weighted by Gasteiger charge is 2.30. The number of benzene rings is 1. The van der Waals surface area contributed by atoms with E-state index >= 15 is 0 Å². The molecule has 0 fully saturated rings. The molecule has 0 bridgehead atoms. The van der Waals surface area contributed by atoms with E-state index in [0.717, 1.165) is 39.9 Å². The van der Waals surface area contributed by atoms with Gasteiger partial charge in [0.15, 0.2) is 0 Å². The van der Waals surface area contributed by atoms with Crippen molar-refractivity contribution < 1.29 is 14.3 Å². The maximum atomic E-state index is 5.67. The van der Waals surface area contributed by atoms with Crippen LogP contribution in [0.25, 0.3) is 0 Å². The number of nitrogens with two attached hydrogens (primary N) is 1. The van der Waals surface area contributed by atoms with E-state index in [4.69, 9.17) is 20.2 Å². The number of ether oxygens (including phenoxy) is 2. The first-order valence-corrected chi connectivity index (χ1v) is 6.05. The van der Waals surface area contributed by atoms with E-state index in [1.807, 2.05) is 0 Å². The topological polar surface area (TPSA) is 53.7 Å². The zero-order valence-electron chi connectivity index (χ0n) is 8.72. The largest absolute Gasteiger partial charge is 0.493 e. The van der Waals surface area contributed by atoms with Crippen LogP contribution < -0.4 is 15.4 Å². The molecule has 16 heavy (non-hydrogen) atoms. The van der Waals surface area contributed by atoms with Gasteiger partial charge in [-0.05, 0) is 15.9 Å². The lowest BCUT2D eigenvalue weighted by molar-refractivity contribution is 0.121. The minimum absolute atomic E-state index is 0.376. The van der Waals surface area contributed by atoms with E-state index in [9.17, 15) is 0 Å². The maximum absolute atomic E-state index is 5.67. The Bertz CT molecular complexity index is 412. The molecule has 0 radical (unpaired) electrons. The molecule has 5 heteroatoms. The molecule has 0 unspecified atom stereocenters. The highest BCUT2D eigenvalue weighted by molar-refractivity contribution is 9.10. The van der Waals surface area contributed by atoms with Crippen molar-refractivity contribution in [1.29, 1.82) is 0 Å². The molecule has 0 spiro atoms. The van der Waals surface area contributed by atoms with Gasteiger partial charge in [0.25, 0.3) is 0 Å². The minimum atomic E-state index is 0.376. The zero-order valence-corrected chi connectivity index (χ0v) is 10.3. The quantitative estimate of drug-likeness (QED) is 0.841. The average molecular weight is 286 g/mol. The van der Waals surface area contributed by atoms with Gasteiger partial charge in [0.2, 0.25) is 0 Å². The summed E-state index contributed by atoms with van der Waals surface area (Å²) in [5.74, 6) is 7.05. The molecule has 0 saturated carbocycles. The summed E-state index contributed by atoms with van der Waals surface area (Å²) in [6.45, 7) is 1.81. The first kappa shape index (κ1) is 10.4. The molecule has 2 aliphatic rings. The Balaban J connectivity index is 2.23. The third-order valence-corrected chi connectivity index (χ3v) is 3.91. The number of hydrogen-bond acceptors (Lipinski definition) is 4. The number of hydrogen-bond donors (Lipinski definition) is 1. The molecular weight excluding hydrogens is 274 g/mol. The smallest absolute Gasteiger partial charge is 0.137 e. The molecule has 1 aromatic rings. The standard InChI is InChI=1S/C11H12BrNO3/c12-9-7-2-4-14-10(7)8(5-16-13)6-1-3-15-11(6)9/h1-5,13H2. The lowest BCUT2D eigenvalue weighted by atomic mass is 10.0. The van der Waals surface area contributed by atoms with Crippen molar-refractivity contribution in [1.82, 2.24) is 0 Å². The van der Waals surface area contributed by atoms with Gasteiger partial charge >= 0.3 is 0 Å². The summed E-state index contributed by atoms with van der Waals surface area (Å²) in [4.78, 5) is 4.77. The Labute approximate surface area is 102 Å². The molecule has 0 amide bonds. The van der Waals surface area contributed by atoms with Gasteiger partial charge in [-0.25, -0.2) is 5.90 Å². The highest BCUT2D eigenvalue weighted by atomic mass is 79.9. The van der Waals surface area contributed by atoms with Crippen LogP contribution in [0.3, 0.4) is 0 Å². The molecule has 2 aliphatic heterocycles. The van der Waals surface area contributed by atoms with E-state index < -0.39 is 0 Å². The van der Waals surface area contributed by atoms with Gasteiger partial charge < -0.3 is 9.47 Å². The summed E-state index contributed by atoms with van der Waals surface area (Å²) >= 11 is 3.59. The van der Waals surface area contributed by atoms with Crippen LogP contribution in [0.1, 0.15) is 16.7 Å². The molecule has 3 rings (SSSR count). The Kier molecular flexibility index (Phi) is 2.53. The second kappa shape index (κ2) is 3.91. The van der Waals surface area contributed by atoms with Gasteiger partial charge in [-0.2, -0.15) is 0 Å². The van der Waals surface area contributed by atoms with Crippen molar-refractivity contribution in [3.05, 3.63) is 21.2 Å². The molecule has 0 saturated heterocycles. The monoisotopic (exact) mass is 285 g/mol. The summed E-state index contributed by atoms with van der Waals surface area (Å²) in [7, 11) is 0. The van der Waals surface area contributed by atoms with E-state index in [1.165, 1.54) is 5.56 Å². The first-order valence-electron chi connectivity index (χ1n) is 5.26. The molecule has 0 aliphatic carbocycles. The van der Waals surface area contributed by atoms with E-state index in [2.05, 4.69) is 15.9 Å². The van der Waals surface area contributed by atoms with Crippen LogP contribution in [0, 0.1) is 0 Å². The summed E-state index contributed by atoms with van der Waals surface area (Å²) < 4.78 is 12.3. The van der Waals surface area contributed by atoms with Gasteiger partial charge in [-0.3, -0.25) is 4.84 Å². The summed E-state index contributed by atoms with van der Waals surface area (Å²) in [6, 6.07) is 0. The third kappa shape index (κ3) is 1.35. The Morgan fingerprint density at radius 3 is 2.56 bits per heavy atom. The summed E-state index contributed by atoms with van der Waals surface area (Å²) in [5, 5.41) is 0. The predicted molar refractivity (Wildman–Crippen MR) is 61.5 cm³/mol. The Morgan fingerprint density at radius 1 is 1.12 bits per heavy atom. The van der Waals surface area contributed by atoms with Crippen LogP contribution in [0.5, 0.6) is 11.5 Å². The second-order valence-corrected chi connectivity index (χ2v) is 4.71. The fraction of sp³-hybridized carbons (Fsp3) is 0.455. The molecule has 2 N–H and O–H groups in total. The number of halogens is 1. The first-order chi connectivity index (χ1) is 7.83. The van der Waals surface area contributed by atoms with Crippen molar-refractivity contribution in [3.8, 4) is 11.5 Å². The van der Waals surface area contributed by atoms with Crippen molar-refractivity contribution in [2.24, 2.45) is 5.90 Å². The van der Waals surface area contributed by atoms with E-state index in [0.29, 0.717) is 19.8 Å². The van der Waals surface area contributed by atoms with Gasteiger partial charge in [0.05, 0.1) is 24.3 Å². The van der Waals surface area contributed by atoms with Gasteiger partial charge in [0, 0.05) is 29.5 Å². The second-order valence-electron chi connectivity index (χ2n) is 3.92. The molecule has 86 valence electrons. The van der Waals surface area contributed by atoms with Crippen LogP contribution in [0.15, 0.2) is 4.47 Å². The zero-order chi connectivity index (χ0) is 11.1. The maximum Gasteiger partial charge on any atom is 0.137 e. The molecule has 0 aromatic heterocycles. The van der Waals surface area contributed by atoms with Crippen molar-refractivity contribution in [3.63, 3.8) is 0 Å². The van der Waals surface area contributed by atoms with E-state index in [1.54, 1.807) is 0 Å². The van der Waals surface area contributed by atoms with Crippen molar-refractivity contribution in [2.45, 2.75) is 19.4 Å². The van der Waals surface area contributed by atoms with Gasteiger partial charge in [0.1, 0.15) is 11.5 Å². The molecule has 1 aromatic carbocycles. The average Bonchev–Trinajstić information content (AvgIpc) is 2.92. The van der Waals surface area contributed by atoms with Crippen LogP contribution in [0.4, 0.5) is 0 Å². The minimum Gasteiger partial charge on any atom is -0.493 e. The molecular formula is C11H12BrNO3. The molecule has 2 heterocycles. The lowest BCUT2D eigenvalue weighted by Gasteiger charge is -2.13. The van der Waals surface area contributed by atoms with Gasteiger partial charge in [-0.1, -0.05) is 0 Å². The van der Waals surface area contributed by atoms with Crippen LogP contribution in [0.2, 0.25) is 0 Å². The fourth-order valence-electron chi connectivity index (χ4n) is 2.38. The summed E-state index contributed by atoms with van der Waals surface area (Å²) in [6.07, 6.45) is 1.80. The third-order valence-electron chi connectivity index (χ3n) is 3.08. The molecule has 0 atom stereocenters. The van der Waals surface area contributed by atoms with Crippen molar-refractivity contribution in [2.75, 3.05) is 13.2 Å².